The predicted molar refractivity (Wildman–Crippen MR) is 129 cm³/mol. The Bertz CT molecular complexity index is 808. The van der Waals surface area contributed by atoms with E-state index in [2.05, 4.69) is 15.6 Å². The van der Waals surface area contributed by atoms with E-state index >= 15 is 0 Å². The number of para-hydroxylation sites is 1. The van der Waals surface area contributed by atoms with Gasteiger partial charge < -0.3 is 20.1 Å². The first-order chi connectivity index (χ1) is 14.2. The molecule has 30 heavy (non-hydrogen) atoms. The minimum atomic E-state index is -0.214. The third-order valence-corrected chi connectivity index (χ3v) is 5.44. The van der Waals surface area contributed by atoms with Gasteiger partial charge in [-0.1, -0.05) is 30.3 Å². The van der Waals surface area contributed by atoms with Gasteiger partial charge in [0, 0.05) is 44.3 Å². The van der Waals surface area contributed by atoms with Gasteiger partial charge in [-0.2, -0.15) is 0 Å². The predicted octanol–water partition coefficient (Wildman–Crippen LogP) is 4.26. The second-order valence-electron chi connectivity index (χ2n) is 7.22. The van der Waals surface area contributed by atoms with Gasteiger partial charge in [0.2, 0.25) is 0 Å². The van der Waals surface area contributed by atoms with Crippen molar-refractivity contribution in [2.75, 3.05) is 33.4 Å². The highest BCUT2D eigenvalue weighted by atomic mass is 127. The second-order valence-corrected chi connectivity index (χ2v) is 7.22. The third kappa shape index (κ3) is 6.31. The molecule has 0 bridgehead atoms. The lowest BCUT2D eigenvalue weighted by Crippen LogP contribution is -2.47. The maximum atomic E-state index is 13.4. The summed E-state index contributed by atoms with van der Waals surface area (Å²) in [5.74, 6) is 1.39. The molecule has 0 aliphatic carbocycles. The van der Waals surface area contributed by atoms with Crippen LogP contribution in [-0.2, 0) is 16.7 Å². The minimum absolute atomic E-state index is 0. The van der Waals surface area contributed by atoms with Gasteiger partial charge in [-0.15, -0.1) is 24.0 Å². The fourth-order valence-corrected chi connectivity index (χ4v) is 3.73. The summed E-state index contributed by atoms with van der Waals surface area (Å²) in [4.78, 5) is 4.36. The second kappa shape index (κ2) is 12.1. The molecule has 0 aromatic heterocycles. The van der Waals surface area contributed by atoms with Crippen LogP contribution in [0.2, 0.25) is 0 Å². The number of hydrogen-bond acceptors (Lipinski definition) is 3. The van der Waals surface area contributed by atoms with Gasteiger partial charge in [0.1, 0.15) is 11.6 Å². The third-order valence-electron chi connectivity index (χ3n) is 5.44. The van der Waals surface area contributed by atoms with E-state index in [1.165, 1.54) is 12.1 Å². The lowest BCUT2D eigenvalue weighted by Gasteiger charge is -2.38. The van der Waals surface area contributed by atoms with E-state index in [0.29, 0.717) is 32.9 Å². The van der Waals surface area contributed by atoms with Gasteiger partial charge in [0.05, 0.1) is 6.61 Å². The van der Waals surface area contributed by atoms with Crippen LogP contribution >= 0.6 is 24.0 Å². The standard InChI is InChI=1S/C23H30FN3O2.HI/c1-3-29-21-7-5-4-6-18(21)16-26-22(25-2)27-17-23(12-14-28-15-13-23)19-8-10-20(24)11-9-19;/h4-11H,3,12-17H2,1-2H3,(H2,25,26,27);1H. The topological polar surface area (TPSA) is 54.9 Å². The van der Waals surface area contributed by atoms with E-state index in [-0.39, 0.29) is 35.2 Å². The number of nitrogens with one attached hydrogen (secondary N) is 2. The lowest BCUT2D eigenvalue weighted by molar-refractivity contribution is 0.0513. The van der Waals surface area contributed by atoms with Crippen molar-refractivity contribution >= 4 is 29.9 Å². The summed E-state index contributed by atoms with van der Waals surface area (Å²) in [5, 5.41) is 6.83. The van der Waals surface area contributed by atoms with Gasteiger partial charge in [-0.3, -0.25) is 4.99 Å². The van der Waals surface area contributed by atoms with Crippen LogP contribution in [0, 0.1) is 5.82 Å². The van der Waals surface area contributed by atoms with E-state index in [0.717, 1.165) is 35.7 Å². The van der Waals surface area contributed by atoms with Crippen LogP contribution in [-0.4, -0.2) is 39.4 Å². The first-order valence-corrected chi connectivity index (χ1v) is 10.2. The number of aliphatic imine (C=N–C) groups is 1. The van der Waals surface area contributed by atoms with Crippen molar-refractivity contribution in [3.63, 3.8) is 0 Å². The molecular weight excluding hydrogens is 496 g/mol. The molecule has 0 unspecified atom stereocenters. The average Bonchev–Trinajstić information content (AvgIpc) is 2.76. The Kier molecular flexibility index (Phi) is 9.84. The van der Waals surface area contributed by atoms with Crippen LogP contribution in [0.1, 0.15) is 30.9 Å². The van der Waals surface area contributed by atoms with Crippen molar-refractivity contribution in [3.05, 3.63) is 65.5 Å². The fraction of sp³-hybridized carbons (Fsp3) is 0.435. The summed E-state index contributed by atoms with van der Waals surface area (Å²) in [6.45, 7) is 5.33. The molecule has 1 saturated heterocycles. The number of ether oxygens (including phenoxy) is 2. The van der Waals surface area contributed by atoms with Gasteiger partial charge in [0.25, 0.3) is 0 Å². The quantitative estimate of drug-likeness (QED) is 0.321. The first-order valence-electron chi connectivity index (χ1n) is 10.2. The highest BCUT2D eigenvalue weighted by Gasteiger charge is 2.34. The van der Waals surface area contributed by atoms with Crippen molar-refractivity contribution in [2.45, 2.75) is 31.7 Å². The van der Waals surface area contributed by atoms with Gasteiger partial charge >= 0.3 is 0 Å². The summed E-state index contributed by atoms with van der Waals surface area (Å²) in [6, 6.07) is 14.8. The van der Waals surface area contributed by atoms with Crippen molar-refractivity contribution in [1.82, 2.24) is 10.6 Å². The molecule has 3 rings (SSSR count). The maximum absolute atomic E-state index is 13.4. The number of rotatable bonds is 7. The summed E-state index contributed by atoms with van der Waals surface area (Å²) >= 11 is 0. The molecule has 1 heterocycles. The maximum Gasteiger partial charge on any atom is 0.191 e. The van der Waals surface area contributed by atoms with Crippen LogP contribution in [0.25, 0.3) is 0 Å². The van der Waals surface area contributed by atoms with Crippen molar-refractivity contribution in [1.29, 1.82) is 0 Å². The van der Waals surface area contributed by atoms with Crippen LogP contribution in [0.15, 0.2) is 53.5 Å². The van der Waals surface area contributed by atoms with Crippen molar-refractivity contribution in [3.8, 4) is 5.75 Å². The molecule has 1 fully saturated rings. The van der Waals surface area contributed by atoms with Gasteiger partial charge in [-0.05, 0) is 43.5 Å². The molecule has 2 aromatic carbocycles. The minimum Gasteiger partial charge on any atom is -0.494 e. The number of halogens is 2. The Morgan fingerprint density at radius 1 is 1.10 bits per heavy atom. The monoisotopic (exact) mass is 527 g/mol. The van der Waals surface area contributed by atoms with E-state index in [4.69, 9.17) is 9.47 Å². The van der Waals surface area contributed by atoms with Gasteiger partial charge in [0.15, 0.2) is 5.96 Å². The molecule has 1 aliphatic heterocycles. The fourth-order valence-electron chi connectivity index (χ4n) is 3.73. The van der Waals surface area contributed by atoms with Crippen LogP contribution < -0.4 is 15.4 Å². The van der Waals surface area contributed by atoms with E-state index in [1.54, 1.807) is 7.05 Å². The van der Waals surface area contributed by atoms with Crippen LogP contribution in [0.3, 0.4) is 0 Å². The van der Waals surface area contributed by atoms with Crippen LogP contribution in [0.5, 0.6) is 5.75 Å². The Hall–Kier alpha value is -1.87. The molecule has 7 heteroatoms. The van der Waals surface area contributed by atoms with Crippen LogP contribution in [0.4, 0.5) is 4.39 Å². The zero-order valence-electron chi connectivity index (χ0n) is 17.6. The number of hydrogen-bond donors (Lipinski definition) is 2. The Labute approximate surface area is 195 Å². The molecule has 1 aliphatic rings. The molecular formula is C23H31FIN3O2. The molecule has 0 saturated carbocycles. The van der Waals surface area contributed by atoms with Gasteiger partial charge in [-0.25, -0.2) is 4.39 Å². The largest absolute Gasteiger partial charge is 0.494 e. The number of benzene rings is 2. The Balaban J connectivity index is 0.00000320. The number of nitrogens with zero attached hydrogens (tertiary/aromatic N) is 1. The normalized spacial score (nSPS) is 15.8. The molecule has 164 valence electrons. The molecule has 2 aromatic rings. The molecule has 0 spiro atoms. The van der Waals surface area contributed by atoms with Crippen molar-refractivity contribution in [2.24, 2.45) is 4.99 Å². The van der Waals surface area contributed by atoms with E-state index in [9.17, 15) is 4.39 Å². The molecule has 5 nitrogen and oxygen atoms in total. The zero-order valence-corrected chi connectivity index (χ0v) is 19.9. The summed E-state index contributed by atoms with van der Waals surface area (Å²) < 4.78 is 24.7. The molecule has 0 amide bonds. The molecule has 0 atom stereocenters. The summed E-state index contributed by atoms with van der Waals surface area (Å²) in [6.07, 6.45) is 1.77. The molecule has 2 N–H and O–H groups in total. The first kappa shape index (κ1) is 24.4. The van der Waals surface area contributed by atoms with E-state index in [1.807, 2.05) is 43.3 Å². The zero-order chi connectivity index (χ0) is 20.5. The average molecular weight is 527 g/mol. The highest BCUT2D eigenvalue weighted by Crippen LogP contribution is 2.34. The lowest BCUT2D eigenvalue weighted by atomic mass is 9.74. The smallest absolute Gasteiger partial charge is 0.191 e. The Morgan fingerprint density at radius 3 is 2.47 bits per heavy atom. The summed E-state index contributed by atoms with van der Waals surface area (Å²) in [7, 11) is 1.76. The SMILES string of the molecule is CCOc1ccccc1CNC(=NC)NCC1(c2ccc(F)cc2)CCOCC1.I. The van der Waals surface area contributed by atoms with Crippen molar-refractivity contribution < 1.29 is 13.9 Å². The highest BCUT2D eigenvalue weighted by molar-refractivity contribution is 14.0. The molecule has 0 radical (unpaired) electrons. The summed E-state index contributed by atoms with van der Waals surface area (Å²) in [5.41, 5.74) is 2.11. The number of guanidine groups is 1. The Morgan fingerprint density at radius 2 is 1.80 bits per heavy atom. The van der Waals surface area contributed by atoms with E-state index < -0.39 is 0 Å².